The number of nitrogens with one attached hydrogen (secondary N) is 1. The van der Waals surface area contributed by atoms with E-state index in [0.717, 1.165) is 11.1 Å². The summed E-state index contributed by atoms with van der Waals surface area (Å²) >= 11 is 0. The number of nitrogens with zero attached hydrogens (tertiary/aromatic N) is 2. The number of rotatable bonds is 14. The molecule has 2 aromatic carbocycles. The van der Waals surface area contributed by atoms with Gasteiger partial charge in [0.05, 0.1) is 13.2 Å². The van der Waals surface area contributed by atoms with Crippen molar-refractivity contribution in [2.75, 3.05) is 20.2 Å². The van der Waals surface area contributed by atoms with Gasteiger partial charge in [-0.15, -0.1) is 0 Å². The number of ether oxygens (including phenoxy) is 3. The zero-order chi connectivity index (χ0) is 34.6. The van der Waals surface area contributed by atoms with Gasteiger partial charge in [0.2, 0.25) is 5.91 Å². The molecule has 256 valence electrons. The Morgan fingerprint density at radius 3 is 2.13 bits per heavy atom. The third kappa shape index (κ3) is 12.0. The summed E-state index contributed by atoms with van der Waals surface area (Å²) in [7, 11) is 1.26. The molecule has 1 N–H and O–H groups in total. The number of hydrogen-bond acceptors (Lipinski definition) is 8. The molecule has 1 aliphatic rings. The van der Waals surface area contributed by atoms with E-state index in [1.54, 1.807) is 20.8 Å². The lowest BCUT2D eigenvalue weighted by Crippen LogP contribution is -2.54. The van der Waals surface area contributed by atoms with E-state index in [-0.39, 0.29) is 50.7 Å². The molecular weight excluding hydrogens is 602 g/mol. The molecule has 0 unspecified atom stereocenters. The maximum atomic E-state index is 14.4. The van der Waals surface area contributed by atoms with Crippen LogP contribution in [0.4, 0.5) is 9.59 Å². The van der Waals surface area contributed by atoms with Crippen LogP contribution in [0.5, 0.6) is 0 Å². The molecule has 0 spiro atoms. The van der Waals surface area contributed by atoms with Gasteiger partial charge in [-0.25, -0.2) is 14.4 Å². The normalized spacial score (nSPS) is 16.7. The quantitative estimate of drug-likeness (QED) is 0.215. The predicted molar refractivity (Wildman–Crippen MR) is 176 cm³/mol. The summed E-state index contributed by atoms with van der Waals surface area (Å²) < 4.78 is 16.1. The summed E-state index contributed by atoms with van der Waals surface area (Å²) in [6, 6.07) is 16.1. The van der Waals surface area contributed by atoms with Gasteiger partial charge in [0.25, 0.3) is 0 Å². The molecule has 1 fully saturated rings. The fourth-order valence-corrected chi connectivity index (χ4v) is 5.50. The van der Waals surface area contributed by atoms with Crippen molar-refractivity contribution >= 4 is 29.8 Å². The molecule has 0 bridgehead atoms. The number of hydrogen-bond donors (Lipinski definition) is 1. The minimum absolute atomic E-state index is 0.0137. The van der Waals surface area contributed by atoms with E-state index in [9.17, 15) is 24.0 Å². The van der Waals surface area contributed by atoms with Crippen LogP contribution in [0.25, 0.3) is 0 Å². The number of amides is 3. The number of Topliss-reactive ketones (excluding diaryl/α,β-unsaturated/α-hetero) is 1. The molecule has 3 rings (SSSR count). The van der Waals surface area contributed by atoms with Gasteiger partial charge in [-0.05, 0) is 57.1 Å². The highest BCUT2D eigenvalue weighted by Gasteiger charge is 2.45. The van der Waals surface area contributed by atoms with Crippen molar-refractivity contribution in [2.45, 2.75) is 97.1 Å². The van der Waals surface area contributed by atoms with E-state index in [4.69, 9.17) is 14.2 Å². The number of carbonyl (C=O) groups excluding carboxylic acids is 5. The minimum Gasteiger partial charge on any atom is -0.467 e. The largest absolute Gasteiger partial charge is 0.467 e. The topological polar surface area (TPSA) is 132 Å². The Kier molecular flexibility index (Phi) is 13.8. The number of benzene rings is 2. The van der Waals surface area contributed by atoms with Gasteiger partial charge in [-0.1, -0.05) is 74.5 Å². The first-order valence-electron chi connectivity index (χ1n) is 16.2. The van der Waals surface area contributed by atoms with Gasteiger partial charge in [-0.2, -0.15) is 0 Å². The van der Waals surface area contributed by atoms with Crippen molar-refractivity contribution in [3.05, 3.63) is 71.8 Å². The summed E-state index contributed by atoms with van der Waals surface area (Å²) in [5.74, 6) is -1.18. The second-order valence-corrected chi connectivity index (χ2v) is 13.3. The Morgan fingerprint density at radius 1 is 0.936 bits per heavy atom. The molecule has 0 saturated carbocycles. The maximum absolute atomic E-state index is 14.4. The number of esters is 1. The van der Waals surface area contributed by atoms with Gasteiger partial charge in [0.1, 0.15) is 30.1 Å². The van der Waals surface area contributed by atoms with Crippen LogP contribution in [0.2, 0.25) is 0 Å². The molecule has 0 aliphatic carbocycles. The number of likely N-dealkylation sites (tertiary alicyclic amines) is 1. The molecule has 1 heterocycles. The predicted octanol–water partition coefficient (Wildman–Crippen LogP) is 5.30. The van der Waals surface area contributed by atoms with Gasteiger partial charge < -0.3 is 24.4 Å². The van der Waals surface area contributed by atoms with E-state index >= 15 is 0 Å². The molecule has 1 aliphatic heterocycles. The van der Waals surface area contributed by atoms with E-state index in [2.05, 4.69) is 5.32 Å². The van der Waals surface area contributed by atoms with Crippen LogP contribution in [-0.4, -0.2) is 83.6 Å². The number of carbonyl (C=O) groups is 5. The van der Waals surface area contributed by atoms with Crippen molar-refractivity contribution in [1.29, 1.82) is 0 Å². The summed E-state index contributed by atoms with van der Waals surface area (Å²) in [5.41, 5.74) is 1.05. The first-order chi connectivity index (χ1) is 22.3. The monoisotopic (exact) mass is 651 g/mol. The lowest BCUT2D eigenvalue weighted by molar-refractivity contribution is -0.155. The van der Waals surface area contributed by atoms with Crippen molar-refractivity contribution < 1.29 is 38.2 Å². The van der Waals surface area contributed by atoms with Gasteiger partial charge in [0.15, 0.2) is 0 Å². The van der Waals surface area contributed by atoms with Crippen LogP contribution < -0.4 is 5.32 Å². The van der Waals surface area contributed by atoms with Crippen LogP contribution >= 0.6 is 0 Å². The van der Waals surface area contributed by atoms with Crippen molar-refractivity contribution in [1.82, 2.24) is 15.1 Å². The van der Waals surface area contributed by atoms with Gasteiger partial charge in [-0.3, -0.25) is 14.5 Å². The number of methoxy groups -OCH3 is 1. The molecule has 11 heteroatoms. The SMILES string of the molecule is COC(=O)[C@@H](CC(C)C)N(CCC(=O)CCc1ccccc1)C(=O)[C@@H]1C[C@@H](NC(=O)OC(C)(C)C)CN1C(=O)OCc1ccccc1. The number of ketones is 1. The van der Waals surface area contributed by atoms with Crippen molar-refractivity contribution in [3.8, 4) is 0 Å². The fourth-order valence-electron chi connectivity index (χ4n) is 5.50. The lowest BCUT2D eigenvalue weighted by atomic mass is 9.99. The average molecular weight is 652 g/mol. The van der Waals surface area contributed by atoms with Gasteiger partial charge in [0, 0.05) is 25.9 Å². The third-order valence-electron chi connectivity index (χ3n) is 7.74. The second kappa shape index (κ2) is 17.5. The molecule has 47 heavy (non-hydrogen) atoms. The first-order valence-corrected chi connectivity index (χ1v) is 16.2. The van der Waals surface area contributed by atoms with Crippen molar-refractivity contribution in [2.24, 2.45) is 5.92 Å². The molecule has 0 radical (unpaired) electrons. The molecule has 1 saturated heterocycles. The van der Waals surface area contributed by atoms with Crippen LogP contribution in [0, 0.1) is 5.92 Å². The molecule has 11 nitrogen and oxygen atoms in total. The van der Waals surface area contributed by atoms with Crippen molar-refractivity contribution in [3.63, 3.8) is 0 Å². The summed E-state index contributed by atoms with van der Waals surface area (Å²) in [6.07, 6.45) is -0.202. The Morgan fingerprint density at radius 2 is 1.55 bits per heavy atom. The van der Waals surface area contributed by atoms with E-state index in [1.807, 2.05) is 74.5 Å². The zero-order valence-corrected chi connectivity index (χ0v) is 28.4. The van der Waals surface area contributed by atoms with Crippen LogP contribution in [0.3, 0.4) is 0 Å². The third-order valence-corrected chi connectivity index (χ3v) is 7.74. The van der Waals surface area contributed by atoms with Gasteiger partial charge >= 0.3 is 18.2 Å². The van der Waals surface area contributed by atoms with E-state index < -0.39 is 47.8 Å². The Bertz CT molecular complexity index is 1340. The first kappa shape index (κ1) is 37.1. The minimum atomic E-state index is -1.07. The smallest absolute Gasteiger partial charge is 0.410 e. The highest BCUT2D eigenvalue weighted by Crippen LogP contribution is 2.25. The second-order valence-electron chi connectivity index (χ2n) is 13.3. The number of alkyl carbamates (subject to hydrolysis) is 1. The molecule has 3 atom stereocenters. The van der Waals surface area contributed by atoms with Crippen LogP contribution in [0.15, 0.2) is 60.7 Å². The Labute approximate surface area is 277 Å². The summed E-state index contributed by atoms with van der Waals surface area (Å²) in [6.45, 7) is 9.00. The lowest BCUT2D eigenvalue weighted by Gasteiger charge is -2.34. The molecule has 2 aromatic rings. The molecule has 3 amide bonds. The average Bonchev–Trinajstić information content (AvgIpc) is 3.45. The maximum Gasteiger partial charge on any atom is 0.410 e. The highest BCUT2D eigenvalue weighted by atomic mass is 16.6. The summed E-state index contributed by atoms with van der Waals surface area (Å²) in [5, 5.41) is 2.77. The van der Waals surface area contributed by atoms with E-state index in [0.29, 0.717) is 12.8 Å². The Balaban J connectivity index is 1.86. The standard InChI is InChI=1S/C36H49N3O8/c1-25(2)21-31(33(42)45-6)38(20-19-29(40)18-17-26-13-9-7-10-14-26)32(41)30-22-28(37-34(43)47-36(3,4)5)23-39(30)35(44)46-24-27-15-11-8-12-16-27/h7-16,25,28,30-31H,17-24H2,1-6H3,(H,37,43)/t28-,30+,31-/m1/s1. The summed E-state index contributed by atoms with van der Waals surface area (Å²) in [4.78, 5) is 69.4. The van der Waals surface area contributed by atoms with Crippen LogP contribution in [-0.2, 0) is 41.6 Å². The highest BCUT2D eigenvalue weighted by molar-refractivity contribution is 5.91. The Hall–Kier alpha value is -4.41. The molecule has 0 aromatic heterocycles. The zero-order valence-electron chi connectivity index (χ0n) is 28.4. The number of aryl methyl sites for hydroxylation is 1. The molecular formula is C36H49N3O8. The van der Waals surface area contributed by atoms with E-state index in [1.165, 1.54) is 16.9 Å². The fraction of sp³-hybridized carbons (Fsp3) is 0.528. The van der Waals surface area contributed by atoms with Crippen LogP contribution in [0.1, 0.15) is 71.4 Å².